The van der Waals surface area contributed by atoms with Gasteiger partial charge in [0.25, 0.3) is 20.2 Å². The van der Waals surface area contributed by atoms with Crippen molar-refractivity contribution < 1.29 is 35.3 Å². The minimum Gasteiger partial charge on any atom is -0.457 e. The van der Waals surface area contributed by atoms with Gasteiger partial charge >= 0.3 is 0 Å². The molecule has 406 valence electrons. The summed E-state index contributed by atoms with van der Waals surface area (Å²) in [4.78, 5) is 4.90. The molecule has 0 saturated heterocycles. The van der Waals surface area contributed by atoms with Crippen LogP contribution in [0.2, 0.25) is 0 Å². The summed E-state index contributed by atoms with van der Waals surface area (Å²) in [6.07, 6.45) is 23.1. The molecule has 76 heavy (non-hydrogen) atoms. The molecule has 0 aromatic heterocycles. The molecule has 0 amide bonds. The van der Waals surface area contributed by atoms with Gasteiger partial charge in [0.1, 0.15) is 18.1 Å². The number of benzene rings is 5. The van der Waals surface area contributed by atoms with Crippen LogP contribution in [-0.2, 0) is 31.1 Å². The lowest BCUT2D eigenvalue weighted by atomic mass is 9.78. The molecule has 2 N–H and O–H groups in total. The quantitative estimate of drug-likeness (QED) is 0.0316. The summed E-state index contributed by atoms with van der Waals surface area (Å²) in [6, 6.07) is 34.4. The second-order valence-electron chi connectivity index (χ2n) is 22.3. The van der Waals surface area contributed by atoms with E-state index in [4.69, 9.17) is 4.74 Å². The van der Waals surface area contributed by atoms with Crippen LogP contribution in [0.25, 0.3) is 21.5 Å². The van der Waals surface area contributed by atoms with Crippen molar-refractivity contribution in [3.63, 3.8) is 0 Å². The molecule has 0 spiro atoms. The van der Waals surface area contributed by atoms with Crippen LogP contribution < -0.4 is 14.5 Å². The van der Waals surface area contributed by atoms with E-state index in [2.05, 4.69) is 177 Å². The summed E-state index contributed by atoms with van der Waals surface area (Å²) in [7, 11) is -8.16. The molecule has 0 atom stereocenters. The van der Waals surface area contributed by atoms with Crippen LogP contribution in [0.15, 0.2) is 144 Å². The van der Waals surface area contributed by atoms with Gasteiger partial charge in [-0.15, -0.1) is 0 Å². The lowest BCUT2D eigenvalue weighted by molar-refractivity contribution is -0.438. The molecule has 2 heterocycles. The van der Waals surface area contributed by atoms with Gasteiger partial charge in [0.05, 0.1) is 16.9 Å². The first-order valence-electron chi connectivity index (χ1n) is 28.1. The zero-order valence-corrected chi connectivity index (χ0v) is 47.6. The fraction of sp³-hybridized carbons (Fsp3) is 0.453. The minimum absolute atomic E-state index is 0.276. The van der Waals surface area contributed by atoms with Crippen LogP contribution in [0, 0.1) is 0 Å². The Bertz CT molecular complexity index is 3240. The van der Waals surface area contributed by atoms with Gasteiger partial charge in [-0.2, -0.15) is 21.4 Å². The average molecular weight is 1070 g/mol. The summed E-state index contributed by atoms with van der Waals surface area (Å²) >= 11 is 0. The standard InChI is InChI=1S/C64H81N3O7S2/c1-7-9-11-17-42-65(43-18-12-10-8-2)52-34-36-53(37-35-52)74-62-50(32-40-58-63(3,4)60-54-28-15-13-24-48(54)30-38-56(60)66(58)44-19-21-46-75(68,69)70)26-23-27-51(62)33-41-59-64(5,6)61-55-29-16-14-25-49(55)31-39-57(61)67(59)45-20-22-47-76(71,72)73/h13-16,24-25,28-41H,7-12,17-23,26-27,42-47H2,1-6H3,(H-,68,69,70,71,72,73)/p+1. The number of fused-ring (bicyclic) bond motifs is 6. The van der Waals surface area contributed by atoms with E-state index in [1.165, 1.54) is 89.7 Å². The van der Waals surface area contributed by atoms with E-state index >= 15 is 0 Å². The maximum atomic E-state index is 11.8. The SMILES string of the molecule is CCCCCCN(CCCCCC)c1ccc(OC2=C(/C=C/C3=[N+](CCCCS(=O)(=O)O)c4ccc5ccccc5c4C3(C)C)CCC/C2=C\C=C2\N(CCCCS(=O)(=O)O)c3ccc4ccccc4c3C2(C)C)cc1. The Labute approximate surface area is 454 Å². The number of allylic oxidation sites excluding steroid dienone is 7. The fourth-order valence-corrected chi connectivity index (χ4v) is 13.2. The molecule has 8 rings (SSSR count). The smallest absolute Gasteiger partial charge is 0.264 e. The summed E-state index contributed by atoms with van der Waals surface area (Å²) < 4.78 is 75.9. The van der Waals surface area contributed by atoms with Crippen LogP contribution in [0.4, 0.5) is 17.1 Å². The zero-order chi connectivity index (χ0) is 54.1. The van der Waals surface area contributed by atoms with E-state index in [1.54, 1.807) is 0 Å². The molecule has 0 fully saturated rings. The number of ether oxygens (including phenoxy) is 1. The molecule has 1 aliphatic carbocycles. The minimum atomic E-state index is -4.08. The first kappa shape index (κ1) is 56.7. The maximum Gasteiger partial charge on any atom is 0.264 e. The molecule has 12 heteroatoms. The fourth-order valence-electron chi connectivity index (χ4n) is 12.0. The van der Waals surface area contributed by atoms with E-state index in [1.807, 2.05) is 0 Å². The highest BCUT2D eigenvalue weighted by Gasteiger charge is 2.46. The molecule has 2 aliphatic heterocycles. The van der Waals surface area contributed by atoms with Crippen LogP contribution in [0.1, 0.15) is 149 Å². The lowest BCUT2D eigenvalue weighted by Crippen LogP contribution is -2.28. The highest BCUT2D eigenvalue weighted by molar-refractivity contribution is 7.86. The largest absolute Gasteiger partial charge is 0.457 e. The van der Waals surface area contributed by atoms with Gasteiger partial charge in [-0.25, -0.2) is 0 Å². The molecule has 0 saturated carbocycles. The predicted octanol–water partition coefficient (Wildman–Crippen LogP) is 15.4. The summed E-state index contributed by atoms with van der Waals surface area (Å²) in [5.41, 5.74) is 9.51. The van der Waals surface area contributed by atoms with Gasteiger partial charge in [-0.05, 0) is 152 Å². The first-order chi connectivity index (χ1) is 36.4. The van der Waals surface area contributed by atoms with Crippen LogP contribution in [-0.4, -0.2) is 73.9 Å². The van der Waals surface area contributed by atoms with Crippen molar-refractivity contribution in [1.82, 2.24) is 0 Å². The van der Waals surface area contributed by atoms with Gasteiger partial charge in [0.15, 0.2) is 5.71 Å². The normalized spacial score (nSPS) is 17.5. The molecule has 0 bridgehead atoms. The molecule has 0 unspecified atom stereocenters. The third-order valence-electron chi connectivity index (χ3n) is 15.9. The molecular formula is C64H82N3O7S2+. The van der Waals surface area contributed by atoms with E-state index < -0.39 is 31.1 Å². The molecule has 0 radical (unpaired) electrons. The Hall–Kier alpha value is -5.53. The van der Waals surface area contributed by atoms with Crippen molar-refractivity contribution in [1.29, 1.82) is 0 Å². The first-order valence-corrected chi connectivity index (χ1v) is 31.4. The highest BCUT2D eigenvalue weighted by atomic mass is 32.2. The monoisotopic (exact) mass is 1070 g/mol. The molecular weight excluding hydrogens is 987 g/mol. The van der Waals surface area contributed by atoms with Gasteiger partial charge in [-0.3, -0.25) is 9.11 Å². The van der Waals surface area contributed by atoms with E-state index in [0.717, 1.165) is 77.8 Å². The molecule has 3 aliphatic rings. The Kier molecular flexibility index (Phi) is 18.5. The van der Waals surface area contributed by atoms with Gasteiger partial charge in [-0.1, -0.05) is 127 Å². The number of nitrogens with zero attached hydrogens (tertiary/aromatic N) is 3. The van der Waals surface area contributed by atoms with Crippen molar-refractivity contribution in [3.8, 4) is 5.75 Å². The van der Waals surface area contributed by atoms with Crippen LogP contribution >= 0.6 is 0 Å². The molecule has 5 aromatic carbocycles. The van der Waals surface area contributed by atoms with E-state index in [-0.39, 0.29) is 11.5 Å². The van der Waals surface area contributed by atoms with E-state index in [9.17, 15) is 25.9 Å². The van der Waals surface area contributed by atoms with Crippen molar-refractivity contribution >= 4 is 64.6 Å². The highest BCUT2D eigenvalue weighted by Crippen LogP contribution is 2.51. The van der Waals surface area contributed by atoms with Crippen molar-refractivity contribution in [2.75, 3.05) is 47.5 Å². The number of anilines is 2. The third-order valence-corrected chi connectivity index (χ3v) is 17.5. The number of rotatable bonds is 26. The van der Waals surface area contributed by atoms with E-state index in [0.29, 0.717) is 38.8 Å². The second kappa shape index (κ2) is 24.9. The van der Waals surface area contributed by atoms with Crippen molar-refractivity contribution in [2.45, 2.75) is 149 Å². The Morgan fingerprint density at radius 2 is 1.24 bits per heavy atom. The van der Waals surface area contributed by atoms with Gasteiger partial charge < -0.3 is 14.5 Å². The van der Waals surface area contributed by atoms with Crippen LogP contribution in [0.5, 0.6) is 5.75 Å². The Balaban J connectivity index is 1.22. The average Bonchev–Trinajstić information content (AvgIpc) is 3.77. The maximum absolute atomic E-state index is 11.8. The second-order valence-corrected chi connectivity index (χ2v) is 25.4. The van der Waals surface area contributed by atoms with Gasteiger partial charge in [0, 0.05) is 66.2 Å². The van der Waals surface area contributed by atoms with Gasteiger partial charge in [0.2, 0.25) is 5.69 Å². The third kappa shape index (κ3) is 13.4. The topological polar surface area (TPSA) is 127 Å². The Morgan fingerprint density at radius 1 is 0.632 bits per heavy atom. The lowest BCUT2D eigenvalue weighted by Gasteiger charge is -2.28. The van der Waals surface area contributed by atoms with Crippen molar-refractivity contribution in [3.05, 3.63) is 155 Å². The number of hydrogen-bond donors (Lipinski definition) is 2. The predicted molar refractivity (Wildman–Crippen MR) is 316 cm³/mol. The molecule has 5 aromatic rings. The van der Waals surface area contributed by atoms with Crippen molar-refractivity contribution in [2.24, 2.45) is 0 Å². The number of hydrogen-bond acceptors (Lipinski definition) is 7. The molecule has 10 nitrogen and oxygen atoms in total. The van der Waals surface area contributed by atoms with Crippen LogP contribution in [0.3, 0.4) is 0 Å². The number of unbranched alkanes of at least 4 members (excludes halogenated alkanes) is 8. The Morgan fingerprint density at radius 3 is 1.87 bits per heavy atom. The summed E-state index contributed by atoms with van der Waals surface area (Å²) in [5.74, 6) is 1.06. The zero-order valence-electron chi connectivity index (χ0n) is 46.0. The summed E-state index contributed by atoms with van der Waals surface area (Å²) in [5, 5.41) is 4.72. The summed E-state index contributed by atoms with van der Waals surface area (Å²) in [6.45, 7) is 16.9.